The average Bonchev–Trinajstić information content (AvgIpc) is 3.45. The lowest BCUT2D eigenvalue weighted by Gasteiger charge is -2.37. The molecule has 0 saturated carbocycles. The van der Waals surface area contributed by atoms with E-state index in [0.29, 0.717) is 12.1 Å². The van der Waals surface area contributed by atoms with E-state index in [-0.39, 0.29) is 29.7 Å². The first-order valence-electron chi connectivity index (χ1n) is 14.2. The second kappa shape index (κ2) is 13.7. The minimum atomic E-state index is -0.472. The molecule has 5 rings (SSSR count). The van der Waals surface area contributed by atoms with Crippen molar-refractivity contribution in [3.63, 3.8) is 0 Å². The SMILES string of the molecule is CNCC[C@H]1C[C@H](SC(c2ccccc2)(c2ccccc2)c2ccccc2)CN1C(=O)OCc1ccc([N+](=O)[O-])cc1. The van der Waals surface area contributed by atoms with Crippen LogP contribution in [0.2, 0.25) is 0 Å². The summed E-state index contributed by atoms with van der Waals surface area (Å²) in [6, 6.07) is 37.9. The standard InChI is InChI=1S/C34H35N3O4S/c1-35-22-21-31-23-32(24-36(31)33(38)41-25-26-17-19-30(20-18-26)37(39)40)42-34(27-11-5-2-6-12-27,28-13-7-3-8-14-28)29-15-9-4-10-16-29/h2-20,31-32,35H,21-25H2,1H3/t31-,32-/m0/s1. The lowest BCUT2D eigenvalue weighted by molar-refractivity contribution is -0.384. The maximum atomic E-state index is 13.5. The highest BCUT2D eigenvalue weighted by Crippen LogP contribution is 2.52. The zero-order valence-corrected chi connectivity index (χ0v) is 24.4. The molecule has 42 heavy (non-hydrogen) atoms. The van der Waals surface area contributed by atoms with Crippen molar-refractivity contribution in [3.05, 3.63) is 148 Å². The Morgan fingerprint density at radius 1 is 0.905 bits per heavy atom. The normalized spacial score (nSPS) is 16.7. The number of benzene rings is 4. The number of carbonyl (C=O) groups is 1. The predicted molar refractivity (Wildman–Crippen MR) is 168 cm³/mol. The lowest BCUT2D eigenvalue weighted by atomic mass is 9.84. The third-order valence-electron chi connectivity index (χ3n) is 7.73. The van der Waals surface area contributed by atoms with Gasteiger partial charge in [0, 0.05) is 30.0 Å². The Hall–Kier alpha value is -4.14. The Bertz CT molecular complexity index is 1360. The molecular weight excluding hydrogens is 546 g/mol. The molecule has 0 bridgehead atoms. The molecule has 4 aromatic rings. The Labute approximate surface area is 251 Å². The van der Waals surface area contributed by atoms with Gasteiger partial charge in [0.15, 0.2) is 0 Å². The minimum Gasteiger partial charge on any atom is -0.445 e. The van der Waals surface area contributed by atoms with Gasteiger partial charge in [-0.05, 0) is 60.8 Å². The van der Waals surface area contributed by atoms with Crippen molar-refractivity contribution in [1.82, 2.24) is 10.2 Å². The summed E-state index contributed by atoms with van der Waals surface area (Å²) in [5.41, 5.74) is 4.30. The molecule has 1 aliphatic rings. The highest BCUT2D eigenvalue weighted by atomic mass is 32.2. The van der Waals surface area contributed by atoms with Gasteiger partial charge < -0.3 is 15.0 Å². The summed E-state index contributed by atoms with van der Waals surface area (Å²) in [7, 11) is 1.92. The first-order valence-corrected chi connectivity index (χ1v) is 15.0. The maximum Gasteiger partial charge on any atom is 0.410 e. The largest absolute Gasteiger partial charge is 0.445 e. The maximum absolute atomic E-state index is 13.5. The molecule has 0 unspecified atom stereocenters. The fraction of sp³-hybridized carbons (Fsp3) is 0.265. The van der Waals surface area contributed by atoms with E-state index in [0.717, 1.165) is 19.4 Å². The number of nitro groups is 1. The van der Waals surface area contributed by atoms with Gasteiger partial charge in [-0.25, -0.2) is 4.79 Å². The third-order valence-corrected chi connectivity index (χ3v) is 9.47. The lowest BCUT2D eigenvalue weighted by Crippen LogP contribution is -2.37. The molecule has 0 aromatic heterocycles. The summed E-state index contributed by atoms with van der Waals surface area (Å²) < 4.78 is 5.27. The number of hydrogen-bond acceptors (Lipinski definition) is 6. The molecule has 4 aromatic carbocycles. The smallest absolute Gasteiger partial charge is 0.410 e. The van der Waals surface area contributed by atoms with Gasteiger partial charge in [-0.1, -0.05) is 91.0 Å². The number of nitrogens with zero attached hydrogens (tertiary/aromatic N) is 2. The van der Waals surface area contributed by atoms with Crippen LogP contribution in [0.25, 0.3) is 0 Å². The minimum absolute atomic E-state index is 0.00958. The van der Waals surface area contributed by atoms with Crippen LogP contribution in [0.5, 0.6) is 0 Å². The van der Waals surface area contributed by atoms with Crippen LogP contribution in [-0.4, -0.2) is 47.3 Å². The Balaban J connectivity index is 1.42. The Morgan fingerprint density at radius 2 is 1.43 bits per heavy atom. The average molecular weight is 582 g/mol. The number of nitro benzene ring substituents is 1. The first kappa shape index (κ1) is 29.4. The van der Waals surface area contributed by atoms with Gasteiger partial charge in [-0.15, -0.1) is 11.8 Å². The molecule has 0 aliphatic carbocycles. The van der Waals surface area contributed by atoms with E-state index in [1.165, 1.54) is 28.8 Å². The van der Waals surface area contributed by atoms with Crippen LogP contribution in [-0.2, 0) is 16.1 Å². The van der Waals surface area contributed by atoms with Crippen molar-refractivity contribution in [1.29, 1.82) is 0 Å². The number of likely N-dealkylation sites (tertiary alicyclic amines) is 1. The summed E-state index contributed by atoms with van der Waals surface area (Å²) >= 11 is 1.90. The molecule has 1 fully saturated rings. The first-order chi connectivity index (χ1) is 20.5. The summed E-state index contributed by atoms with van der Waals surface area (Å²) in [6.45, 7) is 1.41. The van der Waals surface area contributed by atoms with Crippen LogP contribution in [0.3, 0.4) is 0 Å². The summed E-state index contributed by atoms with van der Waals surface area (Å²) in [6.07, 6.45) is 1.30. The zero-order chi connectivity index (χ0) is 29.4. The zero-order valence-electron chi connectivity index (χ0n) is 23.6. The van der Waals surface area contributed by atoms with Crippen molar-refractivity contribution in [2.24, 2.45) is 0 Å². The highest BCUT2D eigenvalue weighted by Gasteiger charge is 2.44. The number of hydrogen-bond donors (Lipinski definition) is 1. The number of thioether (sulfide) groups is 1. The second-order valence-corrected chi connectivity index (χ2v) is 11.9. The van der Waals surface area contributed by atoms with E-state index in [2.05, 4.69) is 78.1 Å². The molecule has 7 nitrogen and oxygen atoms in total. The van der Waals surface area contributed by atoms with E-state index >= 15 is 0 Å². The van der Waals surface area contributed by atoms with Gasteiger partial charge in [-0.2, -0.15) is 0 Å². The topological polar surface area (TPSA) is 84.7 Å². The van der Waals surface area contributed by atoms with Crippen LogP contribution in [0, 0.1) is 10.1 Å². The fourth-order valence-electron chi connectivity index (χ4n) is 5.68. The molecule has 8 heteroatoms. The van der Waals surface area contributed by atoms with E-state index in [1.54, 1.807) is 12.1 Å². The molecule has 1 saturated heterocycles. The van der Waals surface area contributed by atoms with Gasteiger partial charge in [0.05, 0.1) is 9.67 Å². The number of non-ortho nitro benzene ring substituents is 1. The molecule has 2 atom stereocenters. The summed E-state index contributed by atoms with van der Waals surface area (Å²) in [5, 5.41) is 14.4. The monoisotopic (exact) mass is 581 g/mol. The summed E-state index contributed by atoms with van der Waals surface area (Å²) in [5.74, 6) is 0. The molecule has 1 heterocycles. The fourth-order valence-corrected chi connectivity index (χ4v) is 7.55. The van der Waals surface area contributed by atoms with Crippen LogP contribution in [0.4, 0.5) is 10.5 Å². The van der Waals surface area contributed by atoms with Crippen molar-refractivity contribution < 1.29 is 14.5 Å². The predicted octanol–water partition coefficient (Wildman–Crippen LogP) is 7.01. The van der Waals surface area contributed by atoms with Crippen LogP contribution >= 0.6 is 11.8 Å². The summed E-state index contributed by atoms with van der Waals surface area (Å²) in [4.78, 5) is 25.9. The van der Waals surface area contributed by atoms with E-state index in [1.807, 2.05) is 41.9 Å². The number of carbonyl (C=O) groups excluding carboxylic acids is 1. The molecule has 0 spiro atoms. The van der Waals surface area contributed by atoms with Crippen molar-refractivity contribution in [2.45, 2.75) is 35.5 Å². The van der Waals surface area contributed by atoms with Crippen LogP contribution < -0.4 is 5.32 Å². The van der Waals surface area contributed by atoms with Gasteiger partial charge in [-0.3, -0.25) is 10.1 Å². The van der Waals surface area contributed by atoms with E-state index in [9.17, 15) is 14.9 Å². The van der Waals surface area contributed by atoms with Gasteiger partial charge in [0.2, 0.25) is 0 Å². The number of amides is 1. The van der Waals surface area contributed by atoms with Crippen molar-refractivity contribution in [2.75, 3.05) is 20.1 Å². The highest BCUT2D eigenvalue weighted by molar-refractivity contribution is 8.01. The molecule has 1 aliphatic heterocycles. The third kappa shape index (κ3) is 6.50. The van der Waals surface area contributed by atoms with Crippen molar-refractivity contribution in [3.8, 4) is 0 Å². The van der Waals surface area contributed by atoms with Crippen molar-refractivity contribution >= 4 is 23.5 Å². The van der Waals surface area contributed by atoms with Crippen LogP contribution in [0.1, 0.15) is 35.1 Å². The van der Waals surface area contributed by atoms with Crippen LogP contribution in [0.15, 0.2) is 115 Å². The molecule has 216 valence electrons. The quantitative estimate of drug-likeness (QED) is 0.117. The van der Waals surface area contributed by atoms with Gasteiger partial charge in [0.1, 0.15) is 6.61 Å². The van der Waals surface area contributed by atoms with E-state index in [4.69, 9.17) is 4.74 Å². The second-order valence-electron chi connectivity index (χ2n) is 10.4. The number of nitrogens with one attached hydrogen (secondary N) is 1. The molecule has 1 amide bonds. The van der Waals surface area contributed by atoms with E-state index < -0.39 is 9.67 Å². The molecule has 1 N–H and O–H groups in total. The molecular formula is C34H35N3O4S. The Kier molecular flexibility index (Phi) is 9.56. The van der Waals surface area contributed by atoms with Gasteiger partial charge >= 0.3 is 6.09 Å². The number of rotatable bonds is 11. The molecule has 0 radical (unpaired) electrons. The Morgan fingerprint density at radius 3 is 1.90 bits per heavy atom. The van der Waals surface area contributed by atoms with Gasteiger partial charge in [0.25, 0.3) is 5.69 Å². The number of ether oxygens (including phenoxy) is 1.